The summed E-state index contributed by atoms with van der Waals surface area (Å²) in [5.74, 6) is -1.47. The molecule has 11 rings (SSSR count). The monoisotopic (exact) mass is 1570 g/mol. The first-order valence-corrected chi connectivity index (χ1v) is 34.2. The van der Waals surface area contributed by atoms with Gasteiger partial charge in [0, 0.05) is 116 Å². The van der Waals surface area contributed by atoms with Crippen molar-refractivity contribution < 1.29 is 74.6 Å². The number of rotatable bonds is 9. The molecule has 16 nitrogen and oxygen atoms in total. The molecular weight excluding hydrogens is 1500 g/mol. The Hall–Kier alpha value is -6.36. The Bertz CT molecular complexity index is 3850. The molecule has 0 spiro atoms. The molecule has 0 radical (unpaired) electrons. The van der Waals surface area contributed by atoms with Gasteiger partial charge in [0.2, 0.25) is 5.76 Å². The van der Waals surface area contributed by atoms with Crippen LogP contribution in [0.1, 0.15) is 137 Å². The molecule has 2 aliphatic rings. The zero-order chi connectivity index (χ0) is 61.4. The number of ether oxygens (including phenoxy) is 1. The van der Waals surface area contributed by atoms with Gasteiger partial charge in [0.15, 0.2) is 28.3 Å². The predicted octanol–water partition coefficient (Wildman–Crippen LogP) is 13.0. The van der Waals surface area contributed by atoms with Crippen molar-refractivity contribution in [1.29, 1.82) is 0 Å². The molecule has 9 aromatic rings. The van der Waals surface area contributed by atoms with Gasteiger partial charge in [0.25, 0.3) is 11.8 Å². The third kappa shape index (κ3) is 17.7. The molecule has 23 heteroatoms. The third-order valence-corrected chi connectivity index (χ3v) is 14.2. The SMILES string of the molecule is C.CC(C)c1cc(-c2ccc(F)cc2)nc2cc(C(=O)N3CCN(C(=O)OC(C)(C)C)CC3)oc12.CC(C)c1cc(-c2ccc(F)cc2)nc2cc(C(=O)N3CC[NH2+]CC3)oc12.CC(C)c1cc(-c2ccc(F)cc2)nc2cc(C(=O)O)oc12.I.II.[2HH].[Cl-]. The highest BCUT2D eigenvalue weighted by Gasteiger charge is 2.31. The third-order valence-electron chi connectivity index (χ3n) is 14.2. The lowest BCUT2D eigenvalue weighted by Crippen LogP contribution is -3.00. The summed E-state index contributed by atoms with van der Waals surface area (Å²) in [6.45, 7) is 22.5. The highest BCUT2D eigenvalue weighted by molar-refractivity contribution is 15.0. The van der Waals surface area contributed by atoms with Crippen LogP contribution in [-0.4, -0.2) is 117 Å². The number of aromatic nitrogens is 3. The molecule has 2 aliphatic heterocycles. The van der Waals surface area contributed by atoms with E-state index in [1.807, 2.05) is 71.6 Å². The zero-order valence-corrected chi connectivity index (χ0v) is 56.8. The molecule has 0 saturated carbocycles. The van der Waals surface area contributed by atoms with E-state index >= 15 is 0 Å². The first kappa shape index (κ1) is 72.4. The summed E-state index contributed by atoms with van der Waals surface area (Å²) in [6.07, 6.45) is -0.373. The normalized spacial score (nSPS) is 13.1. The number of carbonyl (C=O) groups excluding carboxylic acids is 3. The summed E-state index contributed by atoms with van der Waals surface area (Å²) in [5, 5.41) is 11.3. The second-order valence-electron chi connectivity index (χ2n) is 22.5. The number of hydrogen-bond acceptors (Lipinski definition) is 11. The number of furan rings is 3. The number of nitrogens with two attached hydrogens (primary N) is 1. The van der Waals surface area contributed by atoms with E-state index in [9.17, 15) is 32.3 Å². The minimum Gasteiger partial charge on any atom is -1.00 e. The summed E-state index contributed by atoms with van der Waals surface area (Å²) < 4.78 is 62.5. The van der Waals surface area contributed by atoms with E-state index in [-0.39, 0.29) is 110 Å². The first-order valence-electron chi connectivity index (χ1n) is 27.9. The van der Waals surface area contributed by atoms with E-state index in [2.05, 4.69) is 71.3 Å². The molecule has 2 saturated heterocycles. The highest BCUT2D eigenvalue weighted by atomic mass is 128. The minimum atomic E-state index is -1.13. The highest BCUT2D eigenvalue weighted by Crippen LogP contribution is 2.35. The van der Waals surface area contributed by atoms with E-state index in [0.29, 0.717) is 76.6 Å². The molecule has 0 aliphatic carbocycles. The Morgan fingerprint density at radius 2 is 0.830 bits per heavy atom. The van der Waals surface area contributed by atoms with Crippen LogP contribution in [0, 0.1) is 17.5 Å². The van der Waals surface area contributed by atoms with Gasteiger partial charge >= 0.3 is 12.1 Å². The fourth-order valence-electron chi connectivity index (χ4n) is 9.73. The summed E-state index contributed by atoms with van der Waals surface area (Å²) in [4.78, 5) is 68.3. The second kappa shape index (κ2) is 31.9. The van der Waals surface area contributed by atoms with E-state index in [0.717, 1.165) is 65.3 Å². The van der Waals surface area contributed by atoms with Gasteiger partial charge in [0.05, 0.1) is 43.3 Å². The predicted molar refractivity (Wildman–Crippen MR) is 361 cm³/mol. The molecule has 3 amide bonds. The van der Waals surface area contributed by atoms with Crippen molar-refractivity contribution >= 4 is 118 Å². The standard InChI is InChI=1S/C26H30FN3O4.C21H22FN3O2.C17H14FNO3.CH4.ClH.I2.HI.H2/c1-16(2)19-14-20(17-6-8-18(27)9-7-17)28-21-15-22(33-23(19)21)24(31)29-10-12-30(13-11-29)25(32)34-26(3,4)5;1-13(2)16-11-17(14-3-5-15(22)6-4-14)24-18-12-19(27-20(16)18)21(26)25-9-7-23-8-10-25;1-9(2)12-7-13(10-3-5-11(18)6-4-10)19-14-8-15(17(20)21)22-16(12)14;;;1-2;;/h6-9,14-16H,10-13H2,1-5H3;3-6,11-13,23H,7-10H2,1-2H3;3-9H,1-2H3,(H,20,21);1H4;1H;;2*1H/i;;;;;;;1+1. The van der Waals surface area contributed by atoms with Gasteiger partial charge in [-0.2, -0.15) is 0 Å². The quantitative estimate of drug-likeness (QED) is 0.130. The second-order valence-corrected chi connectivity index (χ2v) is 22.5. The maximum atomic E-state index is 13.4. The van der Waals surface area contributed by atoms with Crippen molar-refractivity contribution in [2.24, 2.45) is 0 Å². The maximum absolute atomic E-state index is 13.4. The van der Waals surface area contributed by atoms with Crippen LogP contribution in [0.3, 0.4) is 0 Å². The number of nitrogens with zero attached hydrogens (tertiary/aromatic N) is 6. The Morgan fingerprint density at radius 1 is 0.534 bits per heavy atom. The lowest BCUT2D eigenvalue weighted by Gasteiger charge is -2.35. The van der Waals surface area contributed by atoms with Crippen LogP contribution >= 0.6 is 61.2 Å². The van der Waals surface area contributed by atoms with Crippen molar-refractivity contribution in [2.75, 3.05) is 52.4 Å². The number of quaternary nitrogens is 1. The van der Waals surface area contributed by atoms with Crippen molar-refractivity contribution in [3.8, 4) is 33.8 Å². The largest absolute Gasteiger partial charge is 1.00 e. The lowest BCUT2D eigenvalue weighted by atomic mass is 10.00. The van der Waals surface area contributed by atoms with Crippen LogP contribution in [-0.2, 0) is 4.74 Å². The number of amides is 3. The van der Waals surface area contributed by atoms with Gasteiger partial charge in [-0.15, -0.1) is 24.0 Å². The Morgan fingerprint density at radius 3 is 1.14 bits per heavy atom. The van der Waals surface area contributed by atoms with Gasteiger partial charge in [-0.05, 0) is 130 Å². The van der Waals surface area contributed by atoms with Crippen molar-refractivity contribution in [3.63, 3.8) is 0 Å². The number of fused-ring (bicyclic) bond motifs is 3. The van der Waals surface area contributed by atoms with Crippen LogP contribution in [0.25, 0.3) is 67.1 Å². The number of carboxylic acids is 1. The first-order chi connectivity index (χ1) is 40.5. The van der Waals surface area contributed by atoms with Crippen molar-refractivity contribution in [1.82, 2.24) is 29.7 Å². The molecule has 0 unspecified atom stereocenters. The smallest absolute Gasteiger partial charge is 0.410 e. The number of aromatic carboxylic acids is 1. The molecule has 3 N–H and O–H groups in total. The van der Waals surface area contributed by atoms with E-state index in [1.165, 1.54) is 42.5 Å². The fourth-order valence-corrected chi connectivity index (χ4v) is 9.73. The molecular formula is C65H74ClF3I3N7O9. The topological polar surface area (TPSA) is 202 Å². The summed E-state index contributed by atoms with van der Waals surface area (Å²) in [7, 11) is 0. The number of halogens is 7. The van der Waals surface area contributed by atoms with Gasteiger partial charge < -0.3 is 55.5 Å². The lowest BCUT2D eigenvalue weighted by molar-refractivity contribution is -0.661. The van der Waals surface area contributed by atoms with Gasteiger partial charge in [-0.1, -0.05) is 49.0 Å². The molecule has 8 heterocycles. The Kier molecular flexibility index (Phi) is 26.2. The number of piperazine rings is 2. The van der Waals surface area contributed by atoms with E-state index in [4.69, 9.17) is 23.1 Å². The molecule has 3 aromatic carbocycles. The van der Waals surface area contributed by atoms with E-state index in [1.54, 1.807) is 58.3 Å². The van der Waals surface area contributed by atoms with Gasteiger partial charge in [-0.25, -0.2) is 37.7 Å². The molecule has 0 atom stereocenters. The average molecular weight is 1570 g/mol. The zero-order valence-electron chi connectivity index (χ0n) is 49.4. The maximum Gasteiger partial charge on any atom is 0.410 e. The summed E-state index contributed by atoms with van der Waals surface area (Å²) in [5.41, 5.74) is 10.2. The molecule has 6 aromatic heterocycles. The van der Waals surface area contributed by atoms with Crippen LogP contribution in [0.2, 0.25) is 0 Å². The van der Waals surface area contributed by atoms with Crippen molar-refractivity contribution in [2.45, 2.75) is 93.1 Å². The molecule has 0 bridgehead atoms. The number of pyridine rings is 3. The van der Waals surface area contributed by atoms with Crippen LogP contribution in [0.15, 0.2) is 122 Å². The van der Waals surface area contributed by atoms with Crippen LogP contribution < -0.4 is 17.7 Å². The Labute approximate surface area is 558 Å². The summed E-state index contributed by atoms with van der Waals surface area (Å²) >= 11 is 4.24. The average Bonchev–Trinajstić information content (AvgIpc) is 1.92. The number of carboxylic acid groups (broad SMARTS) is 1. The Balaban J connectivity index is 0.000000281. The fraction of sp³-hybridized carbons (Fsp3) is 0.338. The number of hydrogen-bond donors (Lipinski definition) is 2. The van der Waals surface area contributed by atoms with Crippen LogP contribution in [0.5, 0.6) is 0 Å². The van der Waals surface area contributed by atoms with Gasteiger partial charge in [0.1, 0.15) is 39.6 Å². The van der Waals surface area contributed by atoms with Crippen LogP contribution in [0.4, 0.5) is 18.0 Å². The van der Waals surface area contributed by atoms with E-state index < -0.39 is 11.6 Å². The number of benzene rings is 3. The molecule has 2 fully saturated rings. The van der Waals surface area contributed by atoms with Gasteiger partial charge in [-0.3, -0.25) is 9.59 Å². The molecule has 472 valence electrons. The summed E-state index contributed by atoms with van der Waals surface area (Å²) in [6, 6.07) is 29.0. The van der Waals surface area contributed by atoms with Crippen molar-refractivity contribution in [3.05, 3.63) is 161 Å². The number of carbonyl (C=O) groups is 4. The minimum absolute atomic E-state index is 0. The molecule has 88 heavy (non-hydrogen) atoms.